The molecule has 0 atom stereocenters. The molecule has 0 saturated heterocycles. The first kappa shape index (κ1) is 19.5. The summed E-state index contributed by atoms with van der Waals surface area (Å²) in [7, 11) is 0. The zero-order chi connectivity index (χ0) is 21.4. The highest BCUT2D eigenvalue weighted by atomic mass is 16.4. The van der Waals surface area contributed by atoms with Gasteiger partial charge < -0.3 is 9.73 Å². The predicted octanol–water partition coefficient (Wildman–Crippen LogP) is 4.08. The van der Waals surface area contributed by atoms with Crippen LogP contribution in [-0.4, -0.2) is 22.2 Å². The Kier molecular flexibility index (Phi) is 4.85. The quantitative estimate of drug-likeness (QED) is 0.498. The van der Waals surface area contributed by atoms with E-state index in [2.05, 4.69) is 34.7 Å². The number of benzene rings is 2. The molecule has 0 aliphatic heterocycles. The highest BCUT2D eigenvalue weighted by Gasteiger charge is 2.35. The van der Waals surface area contributed by atoms with Crippen molar-refractivity contribution in [1.82, 2.24) is 15.1 Å². The molecule has 31 heavy (non-hydrogen) atoms. The summed E-state index contributed by atoms with van der Waals surface area (Å²) in [5, 5.41) is 8.65. The molecule has 158 valence electrons. The second-order valence-corrected chi connectivity index (χ2v) is 8.58. The van der Waals surface area contributed by atoms with Crippen LogP contribution in [0, 0.1) is 6.92 Å². The lowest BCUT2D eigenvalue weighted by Gasteiger charge is -2.30. The fourth-order valence-electron chi connectivity index (χ4n) is 4.88. The van der Waals surface area contributed by atoms with E-state index >= 15 is 0 Å². The number of aryl methyl sites for hydroxylation is 1. The minimum atomic E-state index is -0.438. The lowest BCUT2D eigenvalue weighted by molar-refractivity contribution is -0.122. The van der Waals surface area contributed by atoms with E-state index in [1.165, 1.54) is 24.6 Å². The molecule has 0 unspecified atom stereocenters. The van der Waals surface area contributed by atoms with E-state index in [0.29, 0.717) is 23.0 Å². The van der Waals surface area contributed by atoms with Crippen LogP contribution in [0.1, 0.15) is 36.8 Å². The third-order valence-corrected chi connectivity index (χ3v) is 6.52. The van der Waals surface area contributed by atoms with Crippen molar-refractivity contribution in [2.24, 2.45) is 0 Å². The Morgan fingerprint density at radius 1 is 1.13 bits per heavy atom. The summed E-state index contributed by atoms with van der Waals surface area (Å²) in [4.78, 5) is 25.3. The van der Waals surface area contributed by atoms with E-state index < -0.39 is 5.63 Å². The summed E-state index contributed by atoms with van der Waals surface area (Å²) in [6.45, 7) is 2.65. The van der Waals surface area contributed by atoms with Crippen LogP contribution < -0.4 is 10.9 Å². The highest BCUT2D eigenvalue weighted by Crippen LogP contribution is 2.40. The Labute approximate surface area is 179 Å². The van der Waals surface area contributed by atoms with Gasteiger partial charge in [0.15, 0.2) is 0 Å². The van der Waals surface area contributed by atoms with Crippen LogP contribution in [0.2, 0.25) is 0 Å². The molecule has 0 spiro atoms. The number of carbonyl (C=O) groups excluding carboxylic acids is 1. The number of aromatic nitrogens is 2. The van der Waals surface area contributed by atoms with Crippen molar-refractivity contribution in [2.75, 3.05) is 6.54 Å². The van der Waals surface area contributed by atoms with Gasteiger partial charge in [-0.15, -0.1) is 0 Å². The van der Waals surface area contributed by atoms with Gasteiger partial charge in [0.2, 0.25) is 5.91 Å². The average molecular weight is 415 g/mol. The molecular weight excluding hydrogens is 390 g/mol. The largest absolute Gasteiger partial charge is 0.422 e. The summed E-state index contributed by atoms with van der Waals surface area (Å²) in [6, 6.07) is 16.1. The SMILES string of the molecule is Cc1ccc2oc(=O)c3cnn(CC(=O)NCC4(c5ccccc5)CCCC4)c3c2c1. The number of fused-ring (bicyclic) bond motifs is 3. The summed E-state index contributed by atoms with van der Waals surface area (Å²) in [5.74, 6) is -0.110. The molecule has 2 aromatic carbocycles. The molecule has 1 aliphatic carbocycles. The molecule has 2 aromatic heterocycles. The van der Waals surface area contributed by atoms with Gasteiger partial charge in [0.25, 0.3) is 0 Å². The monoisotopic (exact) mass is 415 g/mol. The zero-order valence-corrected chi connectivity index (χ0v) is 17.6. The van der Waals surface area contributed by atoms with Crippen molar-refractivity contribution in [2.45, 2.75) is 44.6 Å². The Bertz CT molecular complexity index is 1310. The Morgan fingerprint density at radius 3 is 2.68 bits per heavy atom. The van der Waals surface area contributed by atoms with Crippen molar-refractivity contribution in [3.63, 3.8) is 0 Å². The van der Waals surface area contributed by atoms with Crippen LogP contribution in [0.5, 0.6) is 0 Å². The Balaban J connectivity index is 1.41. The van der Waals surface area contributed by atoms with Crippen LogP contribution in [0.4, 0.5) is 0 Å². The Hall–Kier alpha value is -3.41. The van der Waals surface area contributed by atoms with Gasteiger partial charge in [-0.25, -0.2) is 4.79 Å². The molecule has 6 heteroatoms. The molecule has 1 saturated carbocycles. The van der Waals surface area contributed by atoms with Gasteiger partial charge in [-0.3, -0.25) is 9.48 Å². The maximum absolute atomic E-state index is 12.9. The van der Waals surface area contributed by atoms with E-state index in [-0.39, 0.29) is 17.9 Å². The number of rotatable bonds is 5. The first-order valence-electron chi connectivity index (χ1n) is 10.8. The summed E-state index contributed by atoms with van der Waals surface area (Å²) in [6.07, 6.45) is 5.99. The van der Waals surface area contributed by atoms with Gasteiger partial charge in [-0.05, 0) is 37.5 Å². The molecular formula is C25H25N3O3. The van der Waals surface area contributed by atoms with Crippen molar-refractivity contribution >= 4 is 27.8 Å². The number of hydrogen-bond donors (Lipinski definition) is 1. The topological polar surface area (TPSA) is 77.1 Å². The molecule has 6 nitrogen and oxygen atoms in total. The fraction of sp³-hybridized carbons (Fsp3) is 0.320. The van der Waals surface area contributed by atoms with Crippen molar-refractivity contribution in [1.29, 1.82) is 0 Å². The predicted molar refractivity (Wildman–Crippen MR) is 120 cm³/mol. The average Bonchev–Trinajstić information content (AvgIpc) is 3.42. The number of amides is 1. The molecule has 2 heterocycles. The van der Waals surface area contributed by atoms with Crippen LogP contribution in [0.3, 0.4) is 0 Å². The number of carbonyl (C=O) groups is 1. The van der Waals surface area contributed by atoms with Crippen molar-refractivity contribution in [3.8, 4) is 0 Å². The van der Waals surface area contributed by atoms with Crippen LogP contribution in [0.25, 0.3) is 21.9 Å². The smallest absolute Gasteiger partial charge is 0.347 e. The molecule has 5 rings (SSSR count). The molecule has 0 bridgehead atoms. The number of nitrogens with zero attached hydrogens (tertiary/aromatic N) is 2. The minimum Gasteiger partial charge on any atom is -0.422 e. The van der Waals surface area contributed by atoms with Crippen LogP contribution in [-0.2, 0) is 16.8 Å². The second-order valence-electron chi connectivity index (χ2n) is 8.58. The summed E-state index contributed by atoms with van der Waals surface area (Å²) < 4.78 is 7.02. The normalized spacial score (nSPS) is 15.5. The summed E-state index contributed by atoms with van der Waals surface area (Å²) in [5.41, 5.74) is 3.03. The maximum Gasteiger partial charge on any atom is 0.347 e. The molecule has 4 aromatic rings. The standard InChI is InChI=1S/C25H25N3O3/c1-17-9-10-21-19(13-17)23-20(24(30)31-21)14-27-28(23)15-22(29)26-16-25(11-5-6-12-25)18-7-3-2-4-8-18/h2-4,7-10,13-14H,5-6,11-12,15-16H2,1H3,(H,26,29). The Morgan fingerprint density at radius 2 is 1.90 bits per heavy atom. The van der Waals surface area contributed by atoms with Crippen LogP contribution >= 0.6 is 0 Å². The third-order valence-electron chi connectivity index (χ3n) is 6.52. The molecule has 1 amide bonds. The second kappa shape index (κ2) is 7.69. The number of hydrogen-bond acceptors (Lipinski definition) is 4. The van der Waals surface area contributed by atoms with Crippen molar-refractivity contribution in [3.05, 3.63) is 76.3 Å². The van der Waals surface area contributed by atoms with Gasteiger partial charge in [0, 0.05) is 17.3 Å². The zero-order valence-electron chi connectivity index (χ0n) is 17.6. The van der Waals surface area contributed by atoms with Gasteiger partial charge >= 0.3 is 5.63 Å². The van der Waals surface area contributed by atoms with Gasteiger partial charge in [0.1, 0.15) is 17.5 Å². The van der Waals surface area contributed by atoms with Gasteiger partial charge in [-0.1, -0.05) is 54.8 Å². The van der Waals surface area contributed by atoms with Gasteiger partial charge in [0.05, 0.1) is 11.7 Å². The minimum absolute atomic E-state index is 0.00597. The maximum atomic E-state index is 12.9. The summed E-state index contributed by atoms with van der Waals surface area (Å²) >= 11 is 0. The van der Waals surface area contributed by atoms with Gasteiger partial charge in [-0.2, -0.15) is 5.10 Å². The first-order valence-corrected chi connectivity index (χ1v) is 10.8. The number of nitrogens with one attached hydrogen (secondary N) is 1. The van der Waals surface area contributed by atoms with Crippen LogP contribution in [0.15, 0.2) is 63.9 Å². The molecule has 1 aliphatic rings. The lowest BCUT2D eigenvalue weighted by atomic mass is 9.79. The fourth-order valence-corrected chi connectivity index (χ4v) is 4.88. The lowest BCUT2D eigenvalue weighted by Crippen LogP contribution is -2.40. The van der Waals surface area contributed by atoms with E-state index in [9.17, 15) is 9.59 Å². The molecule has 0 radical (unpaired) electrons. The van der Waals surface area contributed by atoms with Crippen molar-refractivity contribution < 1.29 is 9.21 Å². The van der Waals surface area contributed by atoms with E-state index in [4.69, 9.17) is 4.42 Å². The van der Waals surface area contributed by atoms with E-state index in [1.807, 2.05) is 25.1 Å². The van der Waals surface area contributed by atoms with E-state index in [1.54, 1.807) is 10.7 Å². The third kappa shape index (κ3) is 3.52. The molecule has 1 fully saturated rings. The highest BCUT2D eigenvalue weighted by molar-refractivity contribution is 6.02. The molecule has 1 N–H and O–H groups in total. The van der Waals surface area contributed by atoms with E-state index in [0.717, 1.165) is 23.8 Å². The first-order chi connectivity index (χ1) is 15.1.